The number of hydrogen-bond acceptors (Lipinski definition) is 6. The number of carbonyl (C=O) groups is 1. The van der Waals surface area contributed by atoms with E-state index < -0.39 is 0 Å². The van der Waals surface area contributed by atoms with Crippen LogP contribution in [0.25, 0.3) is 16.6 Å². The Morgan fingerprint density at radius 3 is 2.48 bits per heavy atom. The van der Waals surface area contributed by atoms with Gasteiger partial charge in [0.05, 0.1) is 42.3 Å². The predicted octanol–water partition coefficient (Wildman–Crippen LogP) is 4.79. The summed E-state index contributed by atoms with van der Waals surface area (Å²) in [7, 11) is 3.07. The minimum Gasteiger partial charge on any atom is -0.495 e. The third-order valence-electron chi connectivity index (χ3n) is 4.84. The van der Waals surface area contributed by atoms with Crippen LogP contribution in [0.3, 0.4) is 0 Å². The van der Waals surface area contributed by atoms with Crippen molar-refractivity contribution >= 4 is 45.9 Å². The quantitative estimate of drug-likeness (QED) is 0.302. The normalized spacial score (nSPS) is 10.8. The molecular weight excluding hydrogens is 462 g/mol. The summed E-state index contributed by atoms with van der Waals surface area (Å²) in [5, 5.41) is 4.05. The number of methoxy groups -OCH3 is 2. The van der Waals surface area contributed by atoms with Crippen molar-refractivity contribution in [2.24, 2.45) is 0 Å². The molecule has 0 saturated carbocycles. The Hall–Kier alpha value is -3.49. The van der Waals surface area contributed by atoms with Gasteiger partial charge in [-0.15, -0.1) is 0 Å². The van der Waals surface area contributed by atoms with Crippen molar-refractivity contribution in [2.75, 3.05) is 25.3 Å². The Labute approximate surface area is 199 Å². The van der Waals surface area contributed by atoms with Crippen LogP contribution in [0.4, 0.5) is 5.69 Å². The van der Waals surface area contributed by atoms with Crippen LogP contribution in [0.2, 0.25) is 5.02 Å². The average molecular weight is 482 g/mol. The van der Waals surface area contributed by atoms with Gasteiger partial charge in [-0.1, -0.05) is 47.6 Å². The number of hydrogen-bond donors (Lipinski definition) is 1. The highest BCUT2D eigenvalue weighted by Crippen LogP contribution is 2.28. The van der Waals surface area contributed by atoms with E-state index in [4.69, 9.17) is 21.1 Å². The topological polar surface area (TPSA) is 82.5 Å². The van der Waals surface area contributed by atoms with Crippen LogP contribution >= 0.6 is 23.4 Å². The lowest BCUT2D eigenvalue weighted by Gasteiger charge is -2.16. The lowest BCUT2D eigenvalue weighted by atomic mass is 10.2. The van der Waals surface area contributed by atoms with Crippen molar-refractivity contribution in [3.8, 4) is 17.2 Å². The van der Waals surface area contributed by atoms with Gasteiger partial charge in [-0.05, 0) is 42.5 Å². The van der Waals surface area contributed by atoms with E-state index in [0.717, 1.165) is 11.8 Å². The number of carbonyl (C=O) groups excluding carboxylic acids is 1. The van der Waals surface area contributed by atoms with Crippen LogP contribution in [-0.4, -0.2) is 35.4 Å². The van der Waals surface area contributed by atoms with E-state index in [1.165, 1.54) is 18.8 Å². The summed E-state index contributed by atoms with van der Waals surface area (Å²) in [5.74, 6) is 0.818. The number of nitrogens with zero attached hydrogens (tertiary/aromatic N) is 2. The van der Waals surface area contributed by atoms with Crippen LogP contribution in [0, 0.1) is 0 Å². The van der Waals surface area contributed by atoms with E-state index in [0.29, 0.717) is 44.0 Å². The zero-order valence-corrected chi connectivity index (χ0v) is 19.4. The predicted molar refractivity (Wildman–Crippen MR) is 131 cm³/mol. The Morgan fingerprint density at radius 2 is 1.73 bits per heavy atom. The smallest absolute Gasteiger partial charge is 0.266 e. The summed E-state index contributed by atoms with van der Waals surface area (Å²) in [6.07, 6.45) is 0. The van der Waals surface area contributed by atoms with E-state index in [2.05, 4.69) is 10.3 Å². The molecule has 1 heterocycles. The van der Waals surface area contributed by atoms with Gasteiger partial charge in [0.2, 0.25) is 5.91 Å². The maximum absolute atomic E-state index is 13.4. The fourth-order valence-electron chi connectivity index (χ4n) is 3.33. The Morgan fingerprint density at radius 1 is 1.03 bits per heavy atom. The largest absolute Gasteiger partial charge is 0.495 e. The van der Waals surface area contributed by atoms with Crippen molar-refractivity contribution in [1.29, 1.82) is 0 Å². The third kappa shape index (κ3) is 4.81. The lowest BCUT2D eigenvalue weighted by molar-refractivity contribution is -0.113. The summed E-state index contributed by atoms with van der Waals surface area (Å²) >= 11 is 7.26. The SMILES string of the molecule is COc1ccccc1NC(=O)CSc1nc2cc(Cl)ccc2c(=O)n1-c1ccccc1OC. The second-order valence-electron chi connectivity index (χ2n) is 6.91. The molecule has 1 N–H and O–H groups in total. The van der Waals surface area contributed by atoms with E-state index in [-0.39, 0.29) is 17.2 Å². The molecular formula is C24H20ClN3O4S. The van der Waals surface area contributed by atoms with E-state index >= 15 is 0 Å². The highest BCUT2D eigenvalue weighted by Gasteiger charge is 2.18. The third-order valence-corrected chi connectivity index (χ3v) is 6.01. The van der Waals surface area contributed by atoms with Crippen molar-refractivity contribution in [3.05, 3.63) is 82.1 Å². The molecule has 0 aliphatic heterocycles. The molecule has 0 saturated heterocycles. The minimum absolute atomic E-state index is 0.0196. The van der Waals surface area contributed by atoms with Crippen molar-refractivity contribution in [1.82, 2.24) is 9.55 Å². The van der Waals surface area contributed by atoms with Crippen LogP contribution in [0.15, 0.2) is 76.7 Å². The number of ether oxygens (including phenoxy) is 2. The Bertz CT molecular complexity index is 1390. The number of halogens is 1. The van der Waals surface area contributed by atoms with Crippen LogP contribution in [0.5, 0.6) is 11.5 Å². The maximum atomic E-state index is 13.4. The first kappa shape index (κ1) is 22.7. The molecule has 1 aromatic heterocycles. The standard InChI is InChI=1S/C24H20ClN3O4S/c1-31-20-9-5-3-7-17(20)26-22(29)14-33-24-27-18-13-15(25)11-12-16(18)23(30)28(24)19-8-4-6-10-21(19)32-2/h3-13H,14H2,1-2H3,(H,26,29). The second-order valence-corrected chi connectivity index (χ2v) is 8.28. The average Bonchev–Trinajstić information content (AvgIpc) is 2.83. The zero-order valence-electron chi connectivity index (χ0n) is 17.9. The molecule has 9 heteroatoms. The molecule has 4 aromatic rings. The number of benzene rings is 3. The molecule has 0 unspecified atom stereocenters. The monoisotopic (exact) mass is 481 g/mol. The summed E-state index contributed by atoms with van der Waals surface area (Å²) in [6.45, 7) is 0. The van der Waals surface area contributed by atoms with Crippen LogP contribution in [-0.2, 0) is 4.79 Å². The number of rotatable bonds is 7. The molecule has 0 aliphatic carbocycles. The molecule has 3 aromatic carbocycles. The van der Waals surface area contributed by atoms with E-state index in [1.807, 2.05) is 12.1 Å². The first-order chi connectivity index (χ1) is 16.0. The number of thioether (sulfide) groups is 1. The highest BCUT2D eigenvalue weighted by atomic mass is 35.5. The molecule has 0 aliphatic rings. The Kier molecular flexibility index (Phi) is 6.86. The van der Waals surface area contributed by atoms with E-state index in [1.54, 1.807) is 54.6 Å². The van der Waals surface area contributed by atoms with Gasteiger partial charge in [-0.25, -0.2) is 4.98 Å². The van der Waals surface area contributed by atoms with Gasteiger partial charge in [0.1, 0.15) is 11.5 Å². The summed E-state index contributed by atoms with van der Waals surface area (Å²) in [6, 6.07) is 19.2. The summed E-state index contributed by atoms with van der Waals surface area (Å²) < 4.78 is 12.2. The molecule has 0 radical (unpaired) electrons. The number of fused-ring (bicyclic) bond motifs is 1. The molecule has 33 heavy (non-hydrogen) atoms. The number of aromatic nitrogens is 2. The molecule has 0 spiro atoms. The number of para-hydroxylation sites is 4. The number of anilines is 1. The number of nitrogens with one attached hydrogen (secondary N) is 1. The molecule has 1 amide bonds. The molecule has 4 rings (SSSR count). The zero-order chi connectivity index (χ0) is 23.4. The first-order valence-corrected chi connectivity index (χ1v) is 11.3. The van der Waals surface area contributed by atoms with Gasteiger partial charge in [0.25, 0.3) is 5.56 Å². The van der Waals surface area contributed by atoms with Gasteiger partial charge in [-0.2, -0.15) is 0 Å². The molecule has 0 bridgehead atoms. The molecule has 7 nitrogen and oxygen atoms in total. The highest BCUT2D eigenvalue weighted by molar-refractivity contribution is 7.99. The molecule has 0 fully saturated rings. The van der Waals surface area contributed by atoms with Gasteiger partial charge >= 0.3 is 0 Å². The van der Waals surface area contributed by atoms with Crippen molar-refractivity contribution < 1.29 is 14.3 Å². The maximum Gasteiger partial charge on any atom is 0.266 e. The van der Waals surface area contributed by atoms with Crippen molar-refractivity contribution in [3.63, 3.8) is 0 Å². The van der Waals surface area contributed by atoms with Crippen molar-refractivity contribution in [2.45, 2.75) is 5.16 Å². The second kappa shape index (κ2) is 9.97. The summed E-state index contributed by atoms with van der Waals surface area (Å²) in [5.41, 5.74) is 1.26. The van der Waals surface area contributed by atoms with Crippen LogP contribution < -0.4 is 20.3 Å². The Balaban J connectivity index is 1.73. The van der Waals surface area contributed by atoms with Gasteiger partial charge in [-0.3, -0.25) is 14.2 Å². The number of amides is 1. The van der Waals surface area contributed by atoms with Gasteiger partial charge in [0, 0.05) is 5.02 Å². The van der Waals surface area contributed by atoms with Gasteiger partial charge in [0.15, 0.2) is 5.16 Å². The lowest BCUT2D eigenvalue weighted by Crippen LogP contribution is -2.23. The molecule has 168 valence electrons. The fraction of sp³-hybridized carbons (Fsp3) is 0.125. The van der Waals surface area contributed by atoms with Gasteiger partial charge < -0.3 is 14.8 Å². The first-order valence-electron chi connectivity index (χ1n) is 9.93. The minimum atomic E-state index is -0.284. The van der Waals surface area contributed by atoms with E-state index in [9.17, 15) is 9.59 Å². The fourth-order valence-corrected chi connectivity index (χ4v) is 4.30. The molecule has 0 atom stereocenters. The summed E-state index contributed by atoms with van der Waals surface area (Å²) in [4.78, 5) is 30.8. The van der Waals surface area contributed by atoms with Crippen LogP contribution in [0.1, 0.15) is 0 Å².